The van der Waals surface area contributed by atoms with Crippen molar-refractivity contribution in [2.45, 2.75) is 53.6 Å². The molecule has 1 aliphatic rings. The summed E-state index contributed by atoms with van der Waals surface area (Å²) in [5.74, 6) is 0.899. The molecule has 0 amide bonds. The van der Waals surface area contributed by atoms with Crippen LogP contribution in [0.1, 0.15) is 51.7 Å². The molecule has 0 aliphatic carbocycles. The van der Waals surface area contributed by atoms with E-state index in [2.05, 4.69) is 60.2 Å². The molecule has 0 atom stereocenters. The summed E-state index contributed by atoms with van der Waals surface area (Å²) in [5, 5.41) is 3.42. The number of ether oxygens (including phenoxy) is 1. The fourth-order valence-electron chi connectivity index (χ4n) is 3.73. The molecule has 162 valence electrons. The summed E-state index contributed by atoms with van der Waals surface area (Å²) >= 11 is 0. The highest BCUT2D eigenvalue weighted by Crippen LogP contribution is 2.19. The van der Waals surface area contributed by atoms with Crippen LogP contribution in [0.15, 0.2) is 29.3 Å². The smallest absolute Gasteiger partial charge is 0.309 e. The van der Waals surface area contributed by atoms with Crippen LogP contribution in [0.4, 0.5) is 0 Å². The average molecular weight is 403 g/mol. The number of hydrogen-bond donors (Lipinski definition) is 1. The van der Waals surface area contributed by atoms with E-state index in [1.807, 2.05) is 6.92 Å². The maximum Gasteiger partial charge on any atom is 0.309 e. The molecule has 1 N–H and O–H groups in total. The molecule has 0 bridgehead atoms. The average Bonchev–Trinajstić information content (AvgIpc) is 2.76. The first-order valence-electron chi connectivity index (χ1n) is 11.1. The summed E-state index contributed by atoms with van der Waals surface area (Å²) in [6, 6.07) is 8.59. The van der Waals surface area contributed by atoms with Crippen LogP contribution in [0.5, 0.6) is 0 Å². The van der Waals surface area contributed by atoms with E-state index in [0.717, 1.165) is 58.1 Å². The normalized spacial score (nSPS) is 15.6. The van der Waals surface area contributed by atoms with Crippen LogP contribution in [-0.2, 0) is 22.6 Å². The largest absolute Gasteiger partial charge is 0.466 e. The molecule has 0 spiro atoms. The van der Waals surface area contributed by atoms with Gasteiger partial charge >= 0.3 is 5.97 Å². The molecule has 1 fully saturated rings. The lowest BCUT2D eigenvalue weighted by atomic mass is 9.97. The Morgan fingerprint density at radius 3 is 2.38 bits per heavy atom. The molecular formula is C23H38N4O2. The number of likely N-dealkylation sites (tertiary alicyclic amines) is 1. The lowest BCUT2D eigenvalue weighted by molar-refractivity contribution is -0.149. The van der Waals surface area contributed by atoms with Crippen molar-refractivity contribution >= 4 is 11.9 Å². The van der Waals surface area contributed by atoms with Crippen molar-refractivity contribution in [3.05, 3.63) is 35.4 Å². The van der Waals surface area contributed by atoms with Gasteiger partial charge in [-0.2, -0.15) is 0 Å². The van der Waals surface area contributed by atoms with E-state index in [9.17, 15) is 4.79 Å². The highest BCUT2D eigenvalue weighted by atomic mass is 16.5. The van der Waals surface area contributed by atoms with Gasteiger partial charge in [-0.3, -0.25) is 9.69 Å². The fourth-order valence-corrected chi connectivity index (χ4v) is 3.73. The lowest BCUT2D eigenvalue weighted by Crippen LogP contribution is -2.46. The zero-order chi connectivity index (χ0) is 21.1. The van der Waals surface area contributed by atoms with E-state index in [1.165, 1.54) is 11.1 Å². The number of nitrogens with one attached hydrogen (secondary N) is 1. The number of esters is 1. The molecular weight excluding hydrogens is 364 g/mol. The van der Waals surface area contributed by atoms with Crippen molar-refractivity contribution in [2.24, 2.45) is 10.9 Å². The van der Waals surface area contributed by atoms with Crippen LogP contribution in [-0.4, -0.2) is 61.1 Å². The van der Waals surface area contributed by atoms with Gasteiger partial charge in [-0.1, -0.05) is 38.1 Å². The number of benzene rings is 1. The third-order valence-electron chi connectivity index (χ3n) is 5.56. The van der Waals surface area contributed by atoms with E-state index >= 15 is 0 Å². The van der Waals surface area contributed by atoms with E-state index < -0.39 is 0 Å². The number of piperidine rings is 1. The molecule has 6 heteroatoms. The molecule has 0 unspecified atom stereocenters. The van der Waals surface area contributed by atoms with Gasteiger partial charge in [-0.25, -0.2) is 4.99 Å². The lowest BCUT2D eigenvalue weighted by Gasteiger charge is -2.33. The van der Waals surface area contributed by atoms with Gasteiger partial charge in [0, 0.05) is 26.2 Å². The predicted molar refractivity (Wildman–Crippen MR) is 119 cm³/mol. The van der Waals surface area contributed by atoms with Gasteiger partial charge in [0.15, 0.2) is 5.96 Å². The van der Waals surface area contributed by atoms with Crippen molar-refractivity contribution in [3.63, 3.8) is 0 Å². The minimum absolute atomic E-state index is 0.0175. The minimum Gasteiger partial charge on any atom is -0.466 e. The summed E-state index contributed by atoms with van der Waals surface area (Å²) in [5.41, 5.74) is 2.62. The molecule has 0 radical (unpaired) electrons. The summed E-state index contributed by atoms with van der Waals surface area (Å²) in [4.78, 5) is 21.6. The highest BCUT2D eigenvalue weighted by Gasteiger charge is 2.27. The molecule has 1 aliphatic heterocycles. The van der Waals surface area contributed by atoms with Crippen LogP contribution in [0.2, 0.25) is 0 Å². The molecule has 0 saturated carbocycles. The molecule has 1 aromatic rings. The van der Waals surface area contributed by atoms with Crippen LogP contribution in [0, 0.1) is 5.92 Å². The van der Waals surface area contributed by atoms with Crippen LogP contribution >= 0.6 is 0 Å². The zero-order valence-electron chi connectivity index (χ0n) is 18.6. The Morgan fingerprint density at radius 2 is 1.79 bits per heavy atom. The fraction of sp³-hybridized carbons (Fsp3) is 0.652. The number of guanidine groups is 1. The second-order valence-corrected chi connectivity index (χ2v) is 7.41. The molecule has 0 aromatic heterocycles. The number of rotatable bonds is 9. The summed E-state index contributed by atoms with van der Waals surface area (Å²) < 4.78 is 5.19. The Balaban J connectivity index is 2.04. The Morgan fingerprint density at radius 1 is 1.14 bits per heavy atom. The van der Waals surface area contributed by atoms with Crippen molar-refractivity contribution in [1.29, 1.82) is 0 Å². The van der Waals surface area contributed by atoms with Gasteiger partial charge in [0.1, 0.15) is 0 Å². The van der Waals surface area contributed by atoms with Crippen molar-refractivity contribution in [3.8, 4) is 0 Å². The maximum atomic E-state index is 12.0. The van der Waals surface area contributed by atoms with E-state index in [1.54, 1.807) is 0 Å². The first kappa shape index (κ1) is 23.2. The first-order chi connectivity index (χ1) is 14.1. The van der Waals surface area contributed by atoms with E-state index in [0.29, 0.717) is 13.2 Å². The Bertz CT molecular complexity index is 650. The van der Waals surface area contributed by atoms with Gasteiger partial charge in [0.05, 0.1) is 19.1 Å². The van der Waals surface area contributed by atoms with Gasteiger partial charge in [0.25, 0.3) is 0 Å². The highest BCUT2D eigenvalue weighted by molar-refractivity contribution is 5.80. The Labute approximate surface area is 176 Å². The maximum absolute atomic E-state index is 12.0. The molecule has 2 rings (SSSR count). The predicted octanol–water partition coefficient (Wildman–Crippen LogP) is 3.27. The summed E-state index contributed by atoms with van der Waals surface area (Å²) in [7, 11) is 0. The van der Waals surface area contributed by atoms with Gasteiger partial charge in [0.2, 0.25) is 0 Å². The third-order valence-corrected chi connectivity index (χ3v) is 5.56. The quantitative estimate of drug-likeness (QED) is 0.390. The standard InChI is InChI=1S/C23H38N4O2/c1-5-24-23(27-15-13-19(14-16-27)22(28)29-8-4)25-17-20-11-9-10-12-21(20)18-26(6-2)7-3/h9-12,19H,5-8,13-18H2,1-4H3,(H,24,25). The van der Waals surface area contributed by atoms with E-state index in [-0.39, 0.29) is 11.9 Å². The molecule has 29 heavy (non-hydrogen) atoms. The molecule has 1 heterocycles. The number of carbonyl (C=O) groups is 1. The summed E-state index contributed by atoms with van der Waals surface area (Å²) in [6.45, 7) is 15.0. The van der Waals surface area contributed by atoms with Crippen LogP contribution in [0.25, 0.3) is 0 Å². The SMILES string of the molecule is CCNC(=NCc1ccccc1CN(CC)CC)N1CCC(C(=O)OCC)CC1. The molecule has 1 aromatic carbocycles. The van der Waals surface area contributed by atoms with Gasteiger partial charge in [-0.15, -0.1) is 0 Å². The van der Waals surface area contributed by atoms with E-state index in [4.69, 9.17) is 9.73 Å². The Kier molecular flexibility index (Phi) is 9.98. The third kappa shape index (κ3) is 7.03. The Hall–Kier alpha value is -2.08. The number of carbonyl (C=O) groups excluding carboxylic acids is 1. The van der Waals surface area contributed by atoms with Gasteiger partial charge < -0.3 is 15.0 Å². The number of nitrogens with zero attached hydrogens (tertiary/aromatic N) is 3. The topological polar surface area (TPSA) is 57.2 Å². The molecule has 1 saturated heterocycles. The van der Waals surface area contributed by atoms with Gasteiger partial charge in [-0.05, 0) is 50.9 Å². The van der Waals surface area contributed by atoms with Crippen LogP contribution < -0.4 is 5.32 Å². The number of hydrogen-bond acceptors (Lipinski definition) is 4. The number of aliphatic imine (C=N–C) groups is 1. The second-order valence-electron chi connectivity index (χ2n) is 7.41. The first-order valence-corrected chi connectivity index (χ1v) is 11.1. The van der Waals surface area contributed by atoms with Crippen molar-refractivity contribution < 1.29 is 9.53 Å². The van der Waals surface area contributed by atoms with Crippen molar-refractivity contribution in [2.75, 3.05) is 39.3 Å². The monoisotopic (exact) mass is 402 g/mol. The van der Waals surface area contributed by atoms with Crippen molar-refractivity contribution in [1.82, 2.24) is 15.1 Å². The summed E-state index contributed by atoms with van der Waals surface area (Å²) in [6.07, 6.45) is 1.64. The zero-order valence-corrected chi connectivity index (χ0v) is 18.6. The second kappa shape index (κ2) is 12.5. The molecule has 6 nitrogen and oxygen atoms in total. The van der Waals surface area contributed by atoms with Crippen LogP contribution in [0.3, 0.4) is 0 Å². The minimum atomic E-state index is -0.0561.